The standard InChI is InChI=1S/C40H46O4/c1-3-4-12-29-15-11-18-31-21-24-34(30-16-9-6-10-17-30)39-32(20-22-33(41)27-37(42)36(31)25-29)26-38(44-2)40(43)35(39)23-19-28-13-7-5-8-14-28/h5-10,13-14,16-17,26,29,31,34,36,43H,3-4,11-12,15,18-20,22-23,25,27H2,1-2H3. The van der Waals surface area contributed by atoms with Crippen molar-refractivity contribution in [3.8, 4) is 23.3 Å². The maximum absolute atomic E-state index is 13.7. The first kappa shape index (κ1) is 31.6. The maximum atomic E-state index is 13.7. The number of fused-ring (bicyclic) bond motifs is 2. The van der Waals surface area contributed by atoms with Crippen LogP contribution in [0.2, 0.25) is 0 Å². The summed E-state index contributed by atoms with van der Waals surface area (Å²) in [4.78, 5) is 27.1. The summed E-state index contributed by atoms with van der Waals surface area (Å²) in [6.45, 7) is 2.22. The predicted octanol–water partition coefficient (Wildman–Crippen LogP) is 8.41. The third-order valence-corrected chi connectivity index (χ3v) is 9.68. The van der Waals surface area contributed by atoms with Crippen molar-refractivity contribution in [1.29, 1.82) is 0 Å². The van der Waals surface area contributed by atoms with Crippen LogP contribution in [0.1, 0.15) is 98.4 Å². The van der Waals surface area contributed by atoms with Crippen molar-refractivity contribution in [1.82, 2.24) is 0 Å². The van der Waals surface area contributed by atoms with Crippen molar-refractivity contribution < 1.29 is 19.4 Å². The molecule has 0 bridgehead atoms. The van der Waals surface area contributed by atoms with E-state index in [9.17, 15) is 14.7 Å². The summed E-state index contributed by atoms with van der Waals surface area (Å²) in [6, 6.07) is 22.4. The minimum atomic E-state index is -0.307. The molecule has 0 amide bonds. The highest BCUT2D eigenvalue weighted by Crippen LogP contribution is 2.43. The van der Waals surface area contributed by atoms with Crippen LogP contribution in [0.5, 0.6) is 11.5 Å². The van der Waals surface area contributed by atoms with Crippen molar-refractivity contribution in [2.24, 2.45) is 17.8 Å². The molecule has 2 aliphatic rings. The van der Waals surface area contributed by atoms with E-state index in [1.807, 2.05) is 42.5 Å². The number of aryl methyl sites for hydroxylation is 2. The Morgan fingerprint density at radius 3 is 2.41 bits per heavy atom. The van der Waals surface area contributed by atoms with Gasteiger partial charge in [-0.05, 0) is 66.3 Å². The molecule has 4 nitrogen and oxygen atoms in total. The fourth-order valence-corrected chi connectivity index (χ4v) is 7.26. The largest absolute Gasteiger partial charge is 0.504 e. The summed E-state index contributed by atoms with van der Waals surface area (Å²) >= 11 is 0. The second-order valence-electron chi connectivity index (χ2n) is 12.7. The van der Waals surface area contributed by atoms with E-state index in [1.165, 1.54) is 12.0 Å². The van der Waals surface area contributed by atoms with Gasteiger partial charge in [-0.2, -0.15) is 0 Å². The Labute approximate surface area is 263 Å². The number of phenolic OH excluding ortho intramolecular Hbond substituents is 1. The molecule has 4 heteroatoms. The van der Waals surface area contributed by atoms with E-state index in [2.05, 4.69) is 43.0 Å². The van der Waals surface area contributed by atoms with Crippen molar-refractivity contribution in [3.05, 3.63) is 94.5 Å². The van der Waals surface area contributed by atoms with Crippen LogP contribution >= 0.6 is 0 Å². The third-order valence-electron chi connectivity index (χ3n) is 9.68. The van der Waals surface area contributed by atoms with Gasteiger partial charge in [-0.15, -0.1) is 0 Å². The molecule has 4 unspecified atom stereocenters. The smallest absolute Gasteiger partial charge is 0.161 e. The van der Waals surface area contributed by atoms with Crippen LogP contribution in [0.15, 0.2) is 66.7 Å². The first-order chi connectivity index (χ1) is 21.5. The average Bonchev–Trinajstić information content (AvgIpc) is 3.25. The number of hydrogen-bond donors (Lipinski definition) is 1. The highest BCUT2D eigenvalue weighted by atomic mass is 16.5. The summed E-state index contributed by atoms with van der Waals surface area (Å²) in [5, 5.41) is 11.6. The maximum Gasteiger partial charge on any atom is 0.161 e. The molecule has 3 aromatic rings. The number of benzene rings is 3. The molecule has 0 spiro atoms. The van der Waals surface area contributed by atoms with Gasteiger partial charge in [0.25, 0.3) is 0 Å². The van der Waals surface area contributed by atoms with Crippen molar-refractivity contribution in [3.63, 3.8) is 0 Å². The number of ether oxygens (including phenoxy) is 1. The Bertz CT molecular complexity index is 1480. The zero-order valence-corrected chi connectivity index (χ0v) is 26.3. The van der Waals surface area contributed by atoms with E-state index in [-0.39, 0.29) is 47.9 Å². The van der Waals surface area contributed by atoms with E-state index in [0.717, 1.165) is 67.2 Å². The number of unbranched alkanes of at least 4 members (excludes halogenated alkanes) is 1. The molecule has 4 atom stereocenters. The fourth-order valence-electron chi connectivity index (χ4n) is 7.26. The zero-order chi connectivity index (χ0) is 30.9. The van der Waals surface area contributed by atoms with Gasteiger partial charge in [-0.25, -0.2) is 0 Å². The van der Waals surface area contributed by atoms with Gasteiger partial charge < -0.3 is 9.84 Å². The molecule has 3 aromatic carbocycles. The summed E-state index contributed by atoms with van der Waals surface area (Å²) in [7, 11) is 1.57. The number of Topliss-reactive ketones (excluding diaryl/α,β-unsaturated/α-hetero) is 2. The Morgan fingerprint density at radius 2 is 1.68 bits per heavy atom. The summed E-state index contributed by atoms with van der Waals surface area (Å²) in [5.41, 5.74) is 4.98. The van der Waals surface area contributed by atoms with Gasteiger partial charge in [-0.3, -0.25) is 9.59 Å². The van der Waals surface area contributed by atoms with Gasteiger partial charge in [0.05, 0.1) is 19.4 Å². The Balaban J connectivity index is 1.65. The van der Waals surface area contributed by atoms with Crippen LogP contribution in [0, 0.1) is 29.6 Å². The third kappa shape index (κ3) is 7.62. The molecular weight excluding hydrogens is 544 g/mol. The molecule has 44 heavy (non-hydrogen) atoms. The number of methoxy groups -OCH3 is 1. The number of hydrogen-bond acceptors (Lipinski definition) is 4. The lowest BCUT2D eigenvalue weighted by Gasteiger charge is -2.26. The highest BCUT2D eigenvalue weighted by Gasteiger charge is 2.34. The minimum absolute atomic E-state index is 0.0169. The zero-order valence-electron chi connectivity index (χ0n) is 26.3. The molecule has 1 N–H and O–H groups in total. The van der Waals surface area contributed by atoms with E-state index >= 15 is 0 Å². The van der Waals surface area contributed by atoms with Gasteiger partial charge in [0.1, 0.15) is 11.6 Å². The molecule has 2 aliphatic carbocycles. The van der Waals surface area contributed by atoms with Crippen molar-refractivity contribution in [2.75, 3.05) is 7.11 Å². The van der Waals surface area contributed by atoms with Crippen LogP contribution in [0.25, 0.3) is 0 Å². The van der Waals surface area contributed by atoms with Crippen molar-refractivity contribution >= 4 is 11.6 Å². The summed E-state index contributed by atoms with van der Waals surface area (Å²) < 4.78 is 5.66. The van der Waals surface area contributed by atoms with Crippen LogP contribution in [-0.2, 0) is 28.9 Å². The number of carbonyl (C=O) groups excluding carboxylic acids is 2. The molecule has 0 aromatic heterocycles. The van der Waals surface area contributed by atoms with Gasteiger partial charge in [0.2, 0.25) is 0 Å². The molecule has 230 valence electrons. The van der Waals surface area contributed by atoms with Gasteiger partial charge >= 0.3 is 0 Å². The van der Waals surface area contributed by atoms with Crippen LogP contribution < -0.4 is 4.74 Å². The number of carbonyl (C=O) groups is 2. The van der Waals surface area contributed by atoms with Crippen molar-refractivity contribution in [2.45, 2.75) is 89.9 Å². The summed E-state index contributed by atoms with van der Waals surface area (Å²) in [5.74, 6) is 7.87. The molecule has 0 radical (unpaired) electrons. The number of ketones is 2. The topological polar surface area (TPSA) is 63.6 Å². The first-order valence-electron chi connectivity index (χ1n) is 16.5. The SMILES string of the molecule is CCCCC1CCCC2C#CC(c3ccccc3)c3c(cc(OC)c(O)c3CCc3ccccc3)CCC(=O)CC(=O)C2C1. The second-order valence-corrected chi connectivity index (χ2v) is 12.7. The first-order valence-corrected chi connectivity index (χ1v) is 16.5. The lowest BCUT2D eigenvalue weighted by atomic mass is 9.77. The Kier molecular flexibility index (Phi) is 10.9. The molecule has 0 heterocycles. The molecule has 1 saturated carbocycles. The predicted molar refractivity (Wildman–Crippen MR) is 176 cm³/mol. The Hall–Kier alpha value is -3.84. The van der Waals surface area contributed by atoms with E-state index in [4.69, 9.17) is 4.74 Å². The van der Waals surface area contributed by atoms with E-state index < -0.39 is 0 Å². The average molecular weight is 591 g/mol. The van der Waals surface area contributed by atoms with Crippen LogP contribution in [0.4, 0.5) is 0 Å². The number of phenols is 1. The lowest BCUT2D eigenvalue weighted by Crippen LogP contribution is -2.26. The summed E-state index contributed by atoms with van der Waals surface area (Å²) in [6.07, 6.45) is 9.43. The Morgan fingerprint density at radius 1 is 0.932 bits per heavy atom. The monoisotopic (exact) mass is 590 g/mol. The molecule has 5 rings (SSSR count). The van der Waals surface area contributed by atoms with E-state index in [0.29, 0.717) is 24.5 Å². The molecule has 0 aliphatic heterocycles. The number of aromatic hydroxyl groups is 1. The quantitative estimate of drug-likeness (QED) is 0.211. The normalized spacial score (nSPS) is 22.3. The van der Waals surface area contributed by atoms with E-state index in [1.54, 1.807) is 7.11 Å². The van der Waals surface area contributed by atoms with Gasteiger partial charge in [0, 0.05) is 23.8 Å². The van der Waals surface area contributed by atoms with Crippen LogP contribution in [0.3, 0.4) is 0 Å². The molecular formula is C40H46O4. The molecule has 0 saturated heterocycles. The highest BCUT2D eigenvalue weighted by molar-refractivity contribution is 6.00. The number of rotatable bonds is 8. The second kappa shape index (κ2) is 15.2. The fraction of sp³-hybridized carbons (Fsp3) is 0.450. The van der Waals surface area contributed by atoms with Gasteiger partial charge in [-0.1, -0.05) is 112 Å². The minimum Gasteiger partial charge on any atom is -0.504 e. The van der Waals surface area contributed by atoms with Gasteiger partial charge in [0.15, 0.2) is 11.5 Å². The molecule has 1 fully saturated rings. The lowest BCUT2D eigenvalue weighted by molar-refractivity contribution is -0.130. The van der Waals surface area contributed by atoms with Crippen LogP contribution in [-0.4, -0.2) is 23.8 Å².